The van der Waals surface area contributed by atoms with E-state index in [1.807, 2.05) is 0 Å². The Morgan fingerprint density at radius 2 is 2.50 bits per heavy atom. The summed E-state index contributed by atoms with van der Waals surface area (Å²) in [5, 5.41) is 0. The maximum Gasteiger partial charge on any atom is 0.260 e. The van der Waals surface area contributed by atoms with E-state index in [9.17, 15) is 4.79 Å². The highest BCUT2D eigenvalue weighted by molar-refractivity contribution is 8.23. The Morgan fingerprint density at radius 1 is 1.64 bits per heavy atom. The van der Waals surface area contributed by atoms with Crippen molar-refractivity contribution in [3.8, 4) is 0 Å². The SMILES string of the molecule is O=C(c1cccnc1)N1CCSC1=S. The van der Waals surface area contributed by atoms with Crippen molar-refractivity contribution in [1.82, 2.24) is 9.88 Å². The third-order valence-electron chi connectivity index (χ3n) is 1.91. The van der Waals surface area contributed by atoms with Gasteiger partial charge in [-0.25, -0.2) is 0 Å². The summed E-state index contributed by atoms with van der Waals surface area (Å²) < 4.78 is 0.666. The van der Waals surface area contributed by atoms with E-state index in [4.69, 9.17) is 12.2 Å². The average Bonchev–Trinajstić information content (AvgIpc) is 2.65. The lowest BCUT2D eigenvalue weighted by Gasteiger charge is -2.13. The van der Waals surface area contributed by atoms with Crippen LogP contribution < -0.4 is 0 Å². The topological polar surface area (TPSA) is 33.2 Å². The van der Waals surface area contributed by atoms with Gasteiger partial charge in [0.15, 0.2) is 0 Å². The standard InChI is InChI=1S/C9H8N2OS2/c12-8(7-2-1-3-10-6-7)11-4-5-14-9(11)13/h1-3,6H,4-5H2. The van der Waals surface area contributed by atoms with Crippen molar-refractivity contribution >= 4 is 34.2 Å². The van der Waals surface area contributed by atoms with Crippen LogP contribution in [0, 0.1) is 0 Å². The first kappa shape index (κ1) is 9.61. The van der Waals surface area contributed by atoms with Crippen LogP contribution in [-0.2, 0) is 0 Å². The molecule has 1 amide bonds. The van der Waals surface area contributed by atoms with E-state index in [1.165, 1.54) is 0 Å². The van der Waals surface area contributed by atoms with Gasteiger partial charge in [0, 0.05) is 24.7 Å². The van der Waals surface area contributed by atoms with Gasteiger partial charge in [-0.1, -0.05) is 24.0 Å². The van der Waals surface area contributed by atoms with Crippen LogP contribution in [0.3, 0.4) is 0 Å². The molecule has 0 atom stereocenters. The van der Waals surface area contributed by atoms with Gasteiger partial charge < -0.3 is 0 Å². The lowest BCUT2D eigenvalue weighted by Crippen LogP contribution is -2.30. The zero-order valence-electron chi connectivity index (χ0n) is 7.34. The molecule has 1 saturated heterocycles. The highest BCUT2D eigenvalue weighted by atomic mass is 32.2. The monoisotopic (exact) mass is 224 g/mol. The van der Waals surface area contributed by atoms with Crippen LogP contribution in [-0.4, -0.2) is 32.4 Å². The maximum absolute atomic E-state index is 11.8. The minimum Gasteiger partial charge on any atom is -0.293 e. The number of hydrogen-bond donors (Lipinski definition) is 0. The fourth-order valence-corrected chi connectivity index (χ4v) is 2.43. The lowest BCUT2D eigenvalue weighted by atomic mass is 10.2. The number of carbonyl (C=O) groups is 1. The van der Waals surface area contributed by atoms with Gasteiger partial charge in [-0.2, -0.15) is 0 Å². The van der Waals surface area contributed by atoms with Gasteiger partial charge in [0.25, 0.3) is 5.91 Å². The fraction of sp³-hybridized carbons (Fsp3) is 0.222. The molecule has 0 bridgehead atoms. The third kappa shape index (κ3) is 1.78. The minimum atomic E-state index is -0.0481. The number of carbonyl (C=O) groups excluding carboxylic acids is 1. The Bertz CT molecular complexity index is 366. The molecule has 2 rings (SSSR count). The number of thioether (sulfide) groups is 1. The normalized spacial score (nSPS) is 16.0. The minimum absolute atomic E-state index is 0.0481. The van der Waals surface area contributed by atoms with Crippen LogP contribution in [0.2, 0.25) is 0 Å². The molecular weight excluding hydrogens is 216 g/mol. The Labute approximate surface area is 91.5 Å². The smallest absolute Gasteiger partial charge is 0.260 e. The second-order valence-electron chi connectivity index (χ2n) is 2.81. The van der Waals surface area contributed by atoms with Gasteiger partial charge in [-0.05, 0) is 12.1 Å². The van der Waals surface area contributed by atoms with Crippen molar-refractivity contribution in [1.29, 1.82) is 0 Å². The van der Waals surface area contributed by atoms with Gasteiger partial charge >= 0.3 is 0 Å². The van der Waals surface area contributed by atoms with Crippen molar-refractivity contribution in [2.45, 2.75) is 0 Å². The predicted octanol–water partition coefficient (Wildman–Crippen LogP) is 1.56. The predicted molar refractivity (Wildman–Crippen MR) is 60.3 cm³/mol. The second-order valence-corrected chi connectivity index (χ2v) is 4.54. The van der Waals surface area contributed by atoms with E-state index in [0.29, 0.717) is 16.4 Å². The summed E-state index contributed by atoms with van der Waals surface area (Å²) in [7, 11) is 0. The van der Waals surface area contributed by atoms with Gasteiger partial charge in [0.2, 0.25) is 0 Å². The molecule has 2 heterocycles. The van der Waals surface area contributed by atoms with Crippen molar-refractivity contribution in [2.24, 2.45) is 0 Å². The molecule has 0 N–H and O–H groups in total. The highest BCUT2D eigenvalue weighted by Crippen LogP contribution is 2.19. The molecule has 1 aromatic heterocycles. The quantitative estimate of drug-likeness (QED) is 0.678. The molecule has 5 heteroatoms. The number of pyridine rings is 1. The number of rotatable bonds is 1. The van der Waals surface area contributed by atoms with Gasteiger partial charge in [0.1, 0.15) is 4.32 Å². The molecule has 0 saturated carbocycles. The van der Waals surface area contributed by atoms with Gasteiger partial charge in [0.05, 0.1) is 5.56 Å². The number of aromatic nitrogens is 1. The first-order valence-corrected chi connectivity index (χ1v) is 5.57. The molecule has 1 aliphatic heterocycles. The van der Waals surface area contributed by atoms with E-state index in [1.54, 1.807) is 41.2 Å². The summed E-state index contributed by atoms with van der Waals surface area (Å²) in [5.74, 6) is 0.846. The second kappa shape index (κ2) is 4.06. The Balaban J connectivity index is 2.20. The van der Waals surface area contributed by atoms with Crippen molar-refractivity contribution in [3.63, 3.8) is 0 Å². The number of nitrogens with zero attached hydrogens (tertiary/aromatic N) is 2. The van der Waals surface area contributed by atoms with E-state index in [2.05, 4.69) is 4.98 Å². The molecule has 3 nitrogen and oxygen atoms in total. The highest BCUT2D eigenvalue weighted by Gasteiger charge is 2.24. The van der Waals surface area contributed by atoms with Crippen LogP contribution >= 0.6 is 24.0 Å². The summed E-state index contributed by atoms with van der Waals surface area (Å²) in [6, 6.07) is 3.50. The van der Waals surface area contributed by atoms with Crippen LogP contribution in [0.25, 0.3) is 0 Å². The third-order valence-corrected chi connectivity index (χ3v) is 3.34. The van der Waals surface area contributed by atoms with Crippen molar-refractivity contribution in [3.05, 3.63) is 30.1 Å². The number of amides is 1. The summed E-state index contributed by atoms with van der Waals surface area (Å²) in [6.45, 7) is 0.706. The van der Waals surface area contributed by atoms with Crippen LogP contribution in [0.15, 0.2) is 24.5 Å². The molecule has 72 valence electrons. The largest absolute Gasteiger partial charge is 0.293 e. The van der Waals surface area contributed by atoms with Crippen LogP contribution in [0.5, 0.6) is 0 Å². The van der Waals surface area contributed by atoms with Crippen molar-refractivity contribution < 1.29 is 4.79 Å². The Kier molecular flexibility index (Phi) is 2.79. The Morgan fingerprint density at radius 3 is 3.07 bits per heavy atom. The summed E-state index contributed by atoms with van der Waals surface area (Å²) in [6.07, 6.45) is 3.21. The summed E-state index contributed by atoms with van der Waals surface area (Å²) in [5.41, 5.74) is 0.595. The maximum atomic E-state index is 11.8. The first-order valence-electron chi connectivity index (χ1n) is 4.17. The van der Waals surface area contributed by atoms with Crippen LogP contribution in [0.1, 0.15) is 10.4 Å². The lowest BCUT2D eigenvalue weighted by molar-refractivity contribution is 0.0861. The van der Waals surface area contributed by atoms with E-state index < -0.39 is 0 Å². The van der Waals surface area contributed by atoms with E-state index >= 15 is 0 Å². The first-order chi connectivity index (χ1) is 6.79. The average molecular weight is 224 g/mol. The molecule has 14 heavy (non-hydrogen) atoms. The molecule has 1 aromatic rings. The molecule has 0 spiro atoms. The zero-order chi connectivity index (χ0) is 9.97. The molecule has 0 unspecified atom stereocenters. The van der Waals surface area contributed by atoms with Gasteiger partial charge in [-0.3, -0.25) is 14.7 Å². The molecule has 0 radical (unpaired) electrons. The number of hydrogen-bond acceptors (Lipinski definition) is 4. The van der Waals surface area contributed by atoms with Crippen molar-refractivity contribution in [2.75, 3.05) is 12.3 Å². The number of thiocarbonyl (C=S) groups is 1. The Hall–Kier alpha value is -0.940. The summed E-state index contributed by atoms with van der Waals surface area (Å²) in [4.78, 5) is 17.4. The molecule has 0 aliphatic carbocycles. The molecule has 1 aliphatic rings. The molecule has 1 fully saturated rings. The summed E-state index contributed by atoms with van der Waals surface area (Å²) >= 11 is 6.61. The zero-order valence-corrected chi connectivity index (χ0v) is 8.98. The van der Waals surface area contributed by atoms with Gasteiger partial charge in [-0.15, -0.1) is 0 Å². The fourth-order valence-electron chi connectivity index (χ4n) is 1.22. The van der Waals surface area contributed by atoms with E-state index in [0.717, 1.165) is 5.75 Å². The molecular formula is C9H8N2OS2. The van der Waals surface area contributed by atoms with Crippen LogP contribution in [0.4, 0.5) is 0 Å². The molecule has 0 aromatic carbocycles. The van der Waals surface area contributed by atoms with E-state index in [-0.39, 0.29) is 5.91 Å².